The summed E-state index contributed by atoms with van der Waals surface area (Å²) in [4.78, 5) is 37.2. The van der Waals surface area contributed by atoms with E-state index in [1.807, 2.05) is 36.4 Å². The molecule has 2 unspecified atom stereocenters. The zero-order valence-corrected chi connectivity index (χ0v) is 21.8. The lowest BCUT2D eigenvalue weighted by Crippen LogP contribution is -2.42. The number of amides is 2. The summed E-state index contributed by atoms with van der Waals surface area (Å²) in [5.74, 6) is -1.68. The number of aromatic nitrogens is 1. The van der Waals surface area contributed by atoms with Crippen LogP contribution < -0.4 is 10.6 Å². The van der Waals surface area contributed by atoms with Crippen LogP contribution in [0.15, 0.2) is 83.4 Å². The summed E-state index contributed by atoms with van der Waals surface area (Å²) in [6.45, 7) is 3.46. The fraction of sp³-hybridized carbons (Fsp3) is 0.167. The van der Waals surface area contributed by atoms with E-state index in [0.717, 1.165) is 5.56 Å². The molecule has 2 atom stereocenters. The van der Waals surface area contributed by atoms with Crippen molar-refractivity contribution in [3.8, 4) is 17.2 Å². The van der Waals surface area contributed by atoms with Crippen molar-refractivity contribution < 1.29 is 28.8 Å². The van der Waals surface area contributed by atoms with Crippen molar-refractivity contribution in [3.63, 3.8) is 0 Å². The van der Waals surface area contributed by atoms with E-state index in [1.54, 1.807) is 50.2 Å². The fourth-order valence-electron chi connectivity index (χ4n) is 4.10. The molecule has 0 aliphatic carbocycles. The molecule has 0 bridgehead atoms. The zero-order valence-electron chi connectivity index (χ0n) is 21.8. The second-order valence-electron chi connectivity index (χ2n) is 9.01. The Bertz CT molecular complexity index is 1560. The van der Waals surface area contributed by atoms with Crippen LogP contribution in [-0.4, -0.2) is 34.3 Å². The second kappa shape index (κ2) is 12.4. The Labute approximate surface area is 230 Å². The second-order valence-corrected chi connectivity index (χ2v) is 9.01. The number of aliphatic carboxylic acids is 1. The van der Waals surface area contributed by atoms with E-state index in [4.69, 9.17) is 14.5 Å². The number of hydrogen-bond acceptors (Lipinski definition) is 7. The third kappa shape index (κ3) is 6.71. The molecule has 4 aromatic rings. The third-order valence-corrected chi connectivity index (χ3v) is 6.17. The number of carbonyl (C=O) groups excluding carboxylic acids is 2. The Morgan fingerprint density at radius 2 is 1.77 bits per heavy atom. The summed E-state index contributed by atoms with van der Waals surface area (Å²) in [6, 6.07) is 23.0. The number of hydrogen-bond donors (Lipinski definition) is 3. The van der Waals surface area contributed by atoms with Crippen LogP contribution >= 0.6 is 0 Å². The molecule has 0 spiro atoms. The summed E-state index contributed by atoms with van der Waals surface area (Å²) in [6.07, 6.45) is -1.19. The van der Waals surface area contributed by atoms with Gasteiger partial charge in [-0.05, 0) is 54.8 Å². The number of carboxylic acid groups (broad SMARTS) is 1. The summed E-state index contributed by atoms with van der Waals surface area (Å²) in [5.41, 5.74) is 3.72. The van der Waals surface area contributed by atoms with Crippen LogP contribution in [0.3, 0.4) is 0 Å². The fourth-order valence-corrected chi connectivity index (χ4v) is 4.10. The van der Waals surface area contributed by atoms with Crippen molar-refractivity contribution >= 4 is 23.9 Å². The number of nitrogens with zero attached hydrogens (tertiary/aromatic N) is 2. The van der Waals surface area contributed by atoms with Crippen molar-refractivity contribution in [2.75, 3.05) is 5.32 Å². The van der Waals surface area contributed by atoms with E-state index in [2.05, 4.69) is 15.8 Å². The number of rotatable bonds is 9. The Morgan fingerprint density at radius 1 is 1.05 bits per heavy atom. The van der Waals surface area contributed by atoms with E-state index in [9.17, 15) is 19.5 Å². The number of aryl methyl sites for hydroxylation is 1. The first-order valence-corrected chi connectivity index (χ1v) is 12.4. The standard InChI is InChI=1S/C30H26N4O6/c1-18-26(28(40-34-18)33-30(38)39-19(2)22-9-4-3-5-10-22)23-11-13-24(14-12-23)27(35)32-25(29(36)37)16-20-7-6-8-21(15-20)17-31/h3-15,19,25H,16H2,1-2H3,(H,32,35)(H,33,38)(H,36,37). The van der Waals surface area contributed by atoms with Gasteiger partial charge in [0.2, 0.25) is 5.88 Å². The van der Waals surface area contributed by atoms with Crippen LogP contribution in [0.5, 0.6) is 0 Å². The van der Waals surface area contributed by atoms with Gasteiger partial charge in [0.1, 0.15) is 12.1 Å². The van der Waals surface area contributed by atoms with Gasteiger partial charge in [-0.2, -0.15) is 5.26 Å². The first kappa shape index (κ1) is 27.6. The van der Waals surface area contributed by atoms with Crippen molar-refractivity contribution in [2.24, 2.45) is 0 Å². The topological polar surface area (TPSA) is 155 Å². The molecular formula is C30H26N4O6. The SMILES string of the molecule is Cc1noc(NC(=O)OC(C)c2ccccc2)c1-c1ccc(C(=O)NC(Cc2cccc(C#N)c2)C(=O)O)cc1. The van der Waals surface area contributed by atoms with Gasteiger partial charge in [0, 0.05) is 12.0 Å². The summed E-state index contributed by atoms with van der Waals surface area (Å²) >= 11 is 0. The van der Waals surface area contributed by atoms with Crippen LogP contribution in [0, 0.1) is 18.3 Å². The van der Waals surface area contributed by atoms with E-state index in [0.29, 0.717) is 27.9 Å². The molecule has 0 fully saturated rings. The number of ether oxygens (including phenoxy) is 1. The number of benzene rings is 3. The number of anilines is 1. The lowest BCUT2D eigenvalue weighted by molar-refractivity contribution is -0.139. The first-order valence-electron chi connectivity index (χ1n) is 12.4. The predicted molar refractivity (Wildman–Crippen MR) is 145 cm³/mol. The molecule has 10 heteroatoms. The highest BCUT2D eigenvalue weighted by Crippen LogP contribution is 2.32. The van der Waals surface area contributed by atoms with Gasteiger partial charge in [0.25, 0.3) is 5.91 Å². The minimum Gasteiger partial charge on any atom is -0.480 e. The molecule has 3 N–H and O–H groups in total. The zero-order chi connectivity index (χ0) is 28.6. The molecular weight excluding hydrogens is 512 g/mol. The normalized spacial score (nSPS) is 12.0. The molecule has 0 saturated carbocycles. The summed E-state index contributed by atoms with van der Waals surface area (Å²) < 4.78 is 10.8. The van der Waals surface area contributed by atoms with Crippen molar-refractivity contribution in [2.45, 2.75) is 32.4 Å². The van der Waals surface area contributed by atoms with Gasteiger partial charge in [0.15, 0.2) is 0 Å². The molecule has 0 radical (unpaired) electrons. The lowest BCUT2D eigenvalue weighted by Gasteiger charge is -2.15. The largest absolute Gasteiger partial charge is 0.480 e. The molecule has 202 valence electrons. The maximum Gasteiger partial charge on any atom is 0.414 e. The molecule has 2 amide bonds. The van der Waals surface area contributed by atoms with Crippen LogP contribution in [0.4, 0.5) is 10.7 Å². The average molecular weight is 539 g/mol. The number of carboxylic acids is 1. The maximum absolute atomic E-state index is 12.8. The molecule has 3 aromatic carbocycles. The lowest BCUT2D eigenvalue weighted by atomic mass is 10.0. The van der Waals surface area contributed by atoms with Crippen LogP contribution in [0.2, 0.25) is 0 Å². The third-order valence-electron chi connectivity index (χ3n) is 6.17. The maximum atomic E-state index is 12.8. The Morgan fingerprint density at radius 3 is 2.45 bits per heavy atom. The van der Waals surface area contributed by atoms with Gasteiger partial charge >= 0.3 is 12.1 Å². The van der Waals surface area contributed by atoms with Crippen LogP contribution in [0.1, 0.15) is 45.8 Å². The van der Waals surface area contributed by atoms with Crippen molar-refractivity contribution in [1.29, 1.82) is 5.26 Å². The Hall–Kier alpha value is -5.43. The van der Waals surface area contributed by atoms with Gasteiger partial charge < -0.3 is 19.7 Å². The minimum absolute atomic E-state index is 0.0164. The van der Waals surface area contributed by atoms with Gasteiger partial charge in [0.05, 0.1) is 22.9 Å². The highest BCUT2D eigenvalue weighted by atomic mass is 16.6. The smallest absolute Gasteiger partial charge is 0.414 e. The van der Waals surface area contributed by atoms with Crippen molar-refractivity contribution in [1.82, 2.24) is 10.5 Å². The highest BCUT2D eigenvalue weighted by Gasteiger charge is 2.23. The molecule has 4 rings (SSSR count). The highest BCUT2D eigenvalue weighted by molar-refractivity contribution is 5.97. The first-order chi connectivity index (χ1) is 19.2. The monoisotopic (exact) mass is 538 g/mol. The Balaban J connectivity index is 1.44. The van der Waals surface area contributed by atoms with Gasteiger partial charge in [-0.25, -0.2) is 9.59 Å². The molecule has 0 saturated heterocycles. The van der Waals surface area contributed by atoms with Gasteiger partial charge in [-0.15, -0.1) is 0 Å². The number of nitriles is 1. The molecule has 0 aliphatic heterocycles. The Kier molecular flexibility index (Phi) is 8.56. The van der Waals surface area contributed by atoms with Crippen LogP contribution in [0.25, 0.3) is 11.1 Å². The molecule has 10 nitrogen and oxygen atoms in total. The minimum atomic E-state index is -1.20. The summed E-state index contributed by atoms with van der Waals surface area (Å²) in [5, 5.41) is 27.8. The van der Waals surface area contributed by atoms with Gasteiger partial charge in [-0.1, -0.05) is 59.8 Å². The predicted octanol–water partition coefficient (Wildman–Crippen LogP) is 5.26. The molecule has 40 heavy (non-hydrogen) atoms. The molecule has 0 aliphatic rings. The quantitative estimate of drug-likeness (QED) is 0.261. The van der Waals surface area contributed by atoms with E-state index in [-0.39, 0.29) is 17.9 Å². The molecule has 1 heterocycles. The van der Waals surface area contributed by atoms with E-state index in [1.165, 1.54) is 12.1 Å². The van der Waals surface area contributed by atoms with Crippen molar-refractivity contribution in [3.05, 3.63) is 107 Å². The number of carbonyl (C=O) groups is 3. The van der Waals surface area contributed by atoms with E-state index < -0.39 is 30.1 Å². The van der Waals surface area contributed by atoms with Crippen LogP contribution in [-0.2, 0) is 16.0 Å². The molecule has 1 aromatic heterocycles. The number of nitrogens with one attached hydrogen (secondary N) is 2. The summed E-state index contributed by atoms with van der Waals surface area (Å²) in [7, 11) is 0. The average Bonchev–Trinajstić information content (AvgIpc) is 3.32. The van der Waals surface area contributed by atoms with Gasteiger partial charge in [-0.3, -0.25) is 10.1 Å². The van der Waals surface area contributed by atoms with E-state index >= 15 is 0 Å².